The van der Waals surface area contributed by atoms with Crippen molar-refractivity contribution in [3.63, 3.8) is 0 Å². The van der Waals surface area contributed by atoms with E-state index in [2.05, 4.69) is 81.8 Å². The van der Waals surface area contributed by atoms with Crippen molar-refractivity contribution in [2.75, 3.05) is 10.6 Å². The molecule has 0 bridgehead atoms. The first kappa shape index (κ1) is 44.6. The van der Waals surface area contributed by atoms with Gasteiger partial charge in [-0.3, -0.25) is 24.1 Å². The molecular formula is C44H52N14O3S. The number of nitrogens with one attached hydrogen (secondary N) is 3. The summed E-state index contributed by atoms with van der Waals surface area (Å²) in [6, 6.07) is 7.71. The van der Waals surface area contributed by atoms with Gasteiger partial charge >= 0.3 is 6.09 Å². The average Bonchev–Trinajstić information content (AvgIpc) is 3.98. The lowest BCUT2D eigenvalue weighted by Crippen LogP contribution is -2.32. The first-order valence-corrected chi connectivity index (χ1v) is 20.8. The minimum atomic E-state index is -0.537. The van der Waals surface area contributed by atoms with E-state index in [1.165, 1.54) is 11.3 Å². The zero-order valence-corrected chi connectivity index (χ0v) is 37.5. The van der Waals surface area contributed by atoms with E-state index in [0.717, 1.165) is 61.4 Å². The van der Waals surface area contributed by atoms with Gasteiger partial charge in [0.25, 0.3) is 0 Å². The van der Waals surface area contributed by atoms with Crippen LogP contribution in [0.5, 0.6) is 0 Å². The van der Waals surface area contributed by atoms with Crippen molar-refractivity contribution in [2.45, 2.75) is 85.8 Å². The van der Waals surface area contributed by atoms with Gasteiger partial charge in [-0.05, 0) is 76.4 Å². The zero-order chi connectivity index (χ0) is 44.6. The highest BCUT2D eigenvalue weighted by atomic mass is 32.1. The largest absolute Gasteiger partial charge is 0.444 e. The van der Waals surface area contributed by atoms with E-state index in [0.29, 0.717) is 36.2 Å². The third kappa shape index (κ3) is 12.5. The number of hydrogen-bond acceptors (Lipinski definition) is 15. The van der Waals surface area contributed by atoms with E-state index in [1.54, 1.807) is 52.7 Å². The molecule has 1 amide bonds. The molecule has 0 unspecified atom stereocenters. The van der Waals surface area contributed by atoms with Crippen LogP contribution in [0.4, 0.5) is 28.1 Å². The summed E-state index contributed by atoms with van der Waals surface area (Å²) in [5, 5.41) is 18.2. The monoisotopic (exact) mass is 856 g/mol. The Balaban J connectivity index is 0.000000209. The van der Waals surface area contributed by atoms with Crippen LogP contribution in [0.3, 0.4) is 0 Å². The fourth-order valence-corrected chi connectivity index (χ4v) is 6.84. The number of pyridine rings is 2. The smallest absolute Gasteiger partial charge is 0.407 e. The molecule has 0 aromatic carbocycles. The molecule has 0 aliphatic carbocycles. The highest BCUT2D eigenvalue weighted by molar-refractivity contribution is 7.13. The number of rotatable bonds is 12. The predicted octanol–water partition coefficient (Wildman–Crippen LogP) is 8.24. The number of aromatic nitrogens is 11. The third-order valence-corrected chi connectivity index (χ3v) is 10.5. The fourth-order valence-electron chi connectivity index (χ4n) is 5.90. The van der Waals surface area contributed by atoms with Gasteiger partial charge < -0.3 is 20.7 Å². The Morgan fingerprint density at radius 1 is 0.710 bits per heavy atom. The van der Waals surface area contributed by atoms with Gasteiger partial charge in [0, 0.05) is 86.1 Å². The molecule has 0 saturated carbocycles. The van der Waals surface area contributed by atoms with Crippen LogP contribution < -0.4 is 16.0 Å². The molecule has 0 atom stereocenters. The Morgan fingerprint density at radius 3 is 1.69 bits per heavy atom. The van der Waals surface area contributed by atoms with E-state index in [-0.39, 0.29) is 11.2 Å². The molecule has 0 aliphatic heterocycles. The minimum Gasteiger partial charge on any atom is -0.444 e. The quantitative estimate of drug-likeness (QED) is 0.0991. The van der Waals surface area contributed by atoms with E-state index in [1.807, 2.05) is 85.4 Å². The fraction of sp³-hybridized carbons (Fsp3) is 0.341. The summed E-state index contributed by atoms with van der Waals surface area (Å²) in [7, 11) is 3.70. The van der Waals surface area contributed by atoms with Crippen molar-refractivity contribution in [3.8, 4) is 22.5 Å². The molecule has 62 heavy (non-hydrogen) atoms. The van der Waals surface area contributed by atoms with Gasteiger partial charge in [-0.2, -0.15) is 10.2 Å². The number of hydrogen-bond donors (Lipinski definition) is 3. The maximum atomic E-state index is 12.7. The minimum absolute atomic E-state index is 0.0501. The van der Waals surface area contributed by atoms with Crippen LogP contribution in [0, 0.1) is 13.8 Å². The van der Waals surface area contributed by atoms with Crippen molar-refractivity contribution < 1.29 is 14.3 Å². The number of alkyl carbamates (subject to hydrolysis) is 1. The third-order valence-electron chi connectivity index (χ3n) is 9.01. The molecule has 0 aliphatic rings. The van der Waals surface area contributed by atoms with Crippen molar-refractivity contribution in [3.05, 3.63) is 112 Å². The van der Waals surface area contributed by atoms with Crippen LogP contribution in [0.25, 0.3) is 22.5 Å². The van der Waals surface area contributed by atoms with Gasteiger partial charge in [0.05, 0.1) is 57.3 Å². The van der Waals surface area contributed by atoms with Crippen LogP contribution in [-0.2, 0) is 37.2 Å². The molecule has 7 heterocycles. The van der Waals surface area contributed by atoms with Gasteiger partial charge in [0.1, 0.15) is 5.60 Å². The van der Waals surface area contributed by atoms with E-state index in [4.69, 9.17) is 4.74 Å². The van der Waals surface area contributed by atoms with Gasteiger partial charge in [0.15, 0.2) is 5.78 Å². The molecule has 7 aromatic heterocycles. The molecular weight excluding hydrogens is 805 g/mol. The molecule has 0 fully saturated rings. The standard InChI is InChI=1S/C24H27N7OS.C20H25N7O2/c1-15-10-16(19-8-9-25-23(30-19)29-17-12-28-31(5)14-17)11-26-18(15)6-7-20(32)21-13-27-22(33-21)24(2,3)4;1-13-8-14(9-22-17(13)11-23-19(28)29-20(2,3)4)16-6-7-21-18(26-16)25-15-10-24-27(5)12-15/h8-14H,6-7H2,1-5H3,(H,25,29,30);6-10,12H,11H2,1-5H3,(H,23,28)(H,21,25,26). The molecule has 18 heteroatoms. The van der Waals surface area contributed by atoms with E-state index in [9.17, 15) is 9.59 Å². The number of carbonyl (C=O) groups excluding carboxylic acids is 2. The summed E-state index contributed by atoms with van der Waals surface area (Å²) in [5.41, 5.74) is 7.97. The van der Waals surface area contributed by atoms with Gasteiger partial charge in [0.2, 0.25) is 11.9 Å². The Morgan fingerprint density at radius 2 is 1.24 bits per heavy atom. The number of nitrogens with zero attached hydrogens (tertiary/aromatic N) is 11. The first-order chi connectivity index (χ1) is 29.4. The van der Waals surface area contributed by atoms with Crippen LogP contribution >= 0.6 is 11.3 Å². The van der Waals surface area contributed by atoms with Crippen molar-refractivity contribution in [1.82, 2.24) is 59.8 Å². The number of amides is 1. The van der Waals surface area contributed by atoms with Crippen LogP contribution in [0.2, 0.25) is 0 Å². The highest BCUT2D eigenvalue weighted by Gasteiger charge is 2.21. The predicted molar refractivity (Wildman–Crippen MR) is 240 cm³/mol. The molecule has 7 aromatic rings. The number of ketones is 1. The van der Waals surface area contributed by atoms with Crippen LogP contribution in [0.1, 0.15) is 85.2 Å². The Kier molecular flexibility index (Phi) is 13.8. The lowest BCUT2D eigenvalue weighted by Gasteiger charge is -2.19. The summed E-state index contributed by atoms with van der Waals surface area (Å²) in [5.74, 6) is 1.08. The normalized spacial score (nSPS) is 11.4. The van der Waals surface area contributed by atoms with Gasteiger partial charge in [-0.15, -0.1) is 11.3 Å². The van der Waals surface area contributed by atoms with Crippen molar-refractivity contribution in [2.24, 2.45) is 14.1 Å². The summed E-state index contributed by atoms with van der Waals surface area (Å²) in [6.07, 6.45) is 16.3. The molecule has 3 N–H and O–H groups in total. The highest BCUT2D eigenvalue weighted by Crippen LogP contribution is 2.28. The van der Waals surface area contributed by atoms with Crippen molar-refractivity contribution >= 4 is 46.5 Å². The second kappa shape index (κ2) is 19.2. The summed E-state index contributed by atoms with van der Waals surface area (Å²) >= 11 is 1.48. The van der Waals surface area contributed by atoms with Gasteiger partial charge in [-0.25, -0.2) is 29.7 Å². The number of carbonyl (C=O) groups is 2. The molecule has 17 nitrogen and oxygen atoms in total. The maximum absolute atomic E-state index is 12.7. The maximum Gasteiger partial charge on any atom is 0.407 e. The van der Waals surface area contributed by atoms with Crippen LogP contribution in [-0.4, -0.2) is 71.9 Å². The topological polar surface area (TPSA) is 205 Å². The zero-order valence-electron chi connectivity index (χ0n) is 36.7. The summed E-state index contributed by atoms with van der Waals surface area (Å²) < 4.78 is 8.66. The second-order valence-corrected chi connectivity index (χ2v) is 17.7. The van der Waals surface area contributed by atoms with Gasteiger partial charge in [-0.1, -0.05) is 20.8 Å². The molecule has 0 saturated heterocycles. The van der Waals surface area contributed by atoms with Crippen molar-refractivity contribution in [1.29, 1.82) is 0 Å². The summed E-state index contributed by atoms with van der Waals surface area (Å²) in [6.45, 7) is 16.0. The number of ether oxygens (including phenoxy) is 1. The number of anilines is 4. The first-order valence-electron chi connectivity index (χ1n) is 19.9. The lowest BCUT2D eigenvalue weighted by atomic mass is 9.98. The SMILES string of the molecule is Cc1cc(-c2ccnc(Nc3cnn(C)c3)n2)cnc1CCC(=O)c1cnc(C(C)(C)C)s1.Cc1cc(-c2ccnc(Nc3cnn(C)c3)n2)cnc1CNC(=O)OC(C)(C)C. The number of Topliss-reactive ketones (excluding diaryl/α,β-unsaturated/α-hetero) is 1. The number of thiazole rings is 1. The Bertz CT molecular complexity index is 2660. The van der Waals surface area contributed by atoms with Crippen LogP contribution in [0.15, 0.2) is 80.0 Å². The van der Waals surface area contributed by atoms with E-state index >= 15 is 0 Å². The molecule has 0 radical (unpaired) electrons. The second-order valence-electron chi connectivity index (χ2n) is 16.6. The average molecular weight is 857 g/mol. The van der Waals surface area contributed by atoms with E-state index < -0.39 is 11.7 Å². The molecule has 7 rings (SSSR count). The Hall–Kier alpha value is -6.95. The Labute approximate surface area is 364 Å². The molecule has 322 valence electrons. The summed E-state index contributed by atoms with van der Waals surface area (Å²) in [4.78, 5) is 56.4. The lowest BCUT2D eigenvalue weighted by molar-refractivity contribution is 0.0522. The number of aryl methyl sites for hydroxylation is 5. The molecule has 0 spiro atoms.